The molecule has 3 rings (SSSR count). The maximum atomic E-state index is 13.2. The second-order valence-corrected chi connectivity index (χ2v) is 3.99. The number of hydrogen-bond donors (Lipinski definition) is 2. The van der Waals surface area contributed by atoms with Crippen molar-refractivity contribution < 1.29 is 18.7 Å². The lowest BCUT2D eigenvalue weighted by atomic mass is 10.2. The SMILES string of the molecule is O=C(N=Nc1c(O)[nH]c2ccc(F)cc12)c1ccco1. The van der Waals surface area contributed by atoms with Crippen LogP contribution in [-0.4, -0.2) is 16.0 Å². The summed E-state index contributed by atoms with van der Waals surface area (Å²) in [6.07, 6.45) is 1.33. The molecule has 0 bridgehead atoms. The molecule has 6 nitrogen and oxygen atoms in total. The number of nitrogens with one attached hydrogen (secondary N) is 1. The summed E-state index contributed by atoms with van der Waals surface area (Å²) in [6, 6.07) is 6.87. The van der Waals surface area contributed by atoms with Crippen LogP contribution in [-0.2, 0) is 0 Å². The van der Waals surface area contributed by atoms with E-state index in [2.05, 4.69) is 15.2 Å². The van der Waals surface area contributed by atoms with Crippen LogP contribution < -0.4 is 0 Å². The van der Waals surface area contributed by atoms with Gasteiger partial charge in [0.2, 0.25) is 5.88 Å². The molecule has 0 radical (unpaired) electrons. The van der Waals surface area contributed by atoms with E-state index in [1.54, 1.807) is 6.07 Å². The van der Waals surface area contributed by atoms with E-state index in [1.807, 2.05) is 0 Å². The minimum Gasteiger partial charge on any atom is -0.493 e. The van der Waals surface area contributed by atoms with Crippen molar-refractivity contribution in [3.63, 3.8) is 0 Å². The summed E-state index contributed by atoms with van der Waals surface area (Å²) < 4.78 is 18.1. The third-order valence-electron chi connectivity index (χ3n) is 2.69. The Balaban J connectivity index is 2.00. The zero-order valence-corrected chi connectivity index (χ0v) is 10.0. The Labute approximate surface area is 111 Å². The van der Waals surface area contributed by atoms with E-state index in [4.69, 9.17) is 4.42 Å². The Morgan fingerprint density at radius 1 is 1.35 bits per heavy atom. The Morgan fingerprint density at radius 2 is 2.20 bits per heavy atom. The second-order valence-electron chi connectivity index (χ2n) is 3.99. The predicted molar refractivity (Wildman–Crippen MR) is 67.5 cm³/mol. The van der Waals surface area contributed by atoms with Gasteiger partial charge in [-0.25, -0.2) is 4.39 Å². The number of aromatic amines is 1. The van der Waals surface area contributed by atoms with Gasteiger partial charge in [0.05, 0.1) is 11.8 Å². The molecule has 1 aromatic carbocycles. The summed E-state index contributed by atoms with van der Waals surface area (Å²) >= 11 is 0. The molecule has 0 saturated heterocycles. The first kappa shape index (κ1) is 12.1. The summed E-state index contributed by atoms with van der Waals surface area (Å²) in [7, 11) is 0. The average molecular weight is 273 g/mol. The number of azo groups is 1. The van der Waals surface area contributed by atoms with Crippen LogP contribution in [0.2, 0.25) is 0 Å². The van der Waals surface area contributed by atoms with Crippen molar-refractivity contribution in [2.45, 2.75) is 0 Å². The zero-order valence-electron chi connectivity index (χ0n) is 10.0. The molecule has 0 aliphatic rings. The molecule has 100 valence electrons. The van der Waals surface area contributed by atoms with Gasteiger partial charge in [0.15, 0.2) is 11.4 Å². The number of rotatable bonds is 2. The van der Waals surface area contributed by atoms with Crippen LogP contribution in [0.3, 0.4) is 0 Å². The summed E-state index contributed by atoms with van der Waals surface area (Å²) in [6.45, 7) is 0. The first-order chi connectivity index (χ1) is 9.65. The van der Waals surface area contributed by atoms with Crippen LogP contribution in [0.15, 0.2) is 51.2 Å². The van der Waals surface area contributed by atoms with Crippen molar-refractivity contribution in [3.05, 3.63) is 48.2 Å². The van der Waals surface area contributed by atoms with Gasteiger partial charge < -0.3 is 14.5 Å². The molecular weight excluding hydrogens is 265 g/mol. The fraction of sp³-hybridized carbons (Fsp3) is 0. The van der Waals surface area contributed by atoms with E-state index in [9.17, 15) is 14.3 Å². The Bertz CT molecular complexity index is 806. The molecule has 7 heteroatoms. The summed E-state index contributed by atoms with van der Waals surface area (Å²) in [4.78, 5) is 14.2. The number of nitrogens with zero attached hydrogens (tertiary/aromatic N) is 2. The summed E-state index contributed by atoms with van der Waals surface area (Å²) in [5, 5.41) is 17.1. The number of carbonyl (C=O) groups excluding carboxylic acids is 1. The van der Waals surface area contributed by atoms with Crippen LogP contribution in [0.5, 0.6) is 5.88 Å². The monoisotopic (exact) mass is 273 g/mol. The molecular formula is C13H8FN3O3. The van der Waals surface area contributed by atoms with Crippen molar-refractivity contribution >= 4 is 22.5 Å². The maximum absolute atomic E-state index is 13.2. The number of H-pyrrole nitrogens is 1. The smallest absolute Gasteiger partial charge is 0.331 e. The molecule has 3 aromatic rings. The van der Waals surface area contributed by atoms with Crippen molar-refractivity contribution in [2.24, 2.45) is 10.2 Å². The van der Waals surface area contributed by atoms with Gasteiger partial charge in [0.25, 0.3) is 0 Å². The number of aromatic nitrogens is 1. The topological polar surface area (TPSA) is 91.0 Å². The van der Waals surface area contributed by atoms with Crippen LogP contribution >= 0.6 is 0 Å². The van der Waals surface area contributed by atoms with Crippen LogP contribution in [0.4, 0.5) is 10.1 Å². The quantitative estimate of drug-likeness (QED) is 0.699. The van der Waals surface area contributed by atoms with Crippen LogP contribution in [0.1, 0.15) is 10.6 Å². The standard InChI is InChI=1S/C13H8FN3O3/c14-7-3-4-9-8(6-7)11(13(19)15-9)16-17-12(18)10-2-1-5-20-10/h1-6,15,19H. The number of benzene rings is 1. The second kappa shape index (κ2) is 4.61. The number of amides is 1. The molecule has 2 heterocycles. The molecule has 0 unspecified atom stereocenters. The van der Waals surface area contributed by atoms with E-state index < -0.39 is 11.7 Å². The Morgan fingerprint density at radius 3 is 2.95 bits per heavy atom. The lowest BCUT2D eigenvalue weighted by Crippen LogP contribution is -1.89. The van der Waals surface area contributed by atoms with Gasteiger partial charge in [-0.2, -0.15) is 0 Å². The third kappa shape index (κ3) is 2.05. The molecule has 0 aliphatic carbocycles. The fourth-order valence-corrected chi connectivity index (χ4v) is 1.78. The van der Waals surface area contributed by atoms with Crippen molar-refractivity contribution in [2.75, 3.05) is 0 Å². The van der Waals surface area contributed by atoms with Crippen molar-refractivity contribution in [1.29, 1.82) is 0 Å². The third-order valence-corrected chi connectivity index (χ3v) is 2.69. The molecule has 0 fully saturated rings. The van der Waals surface area contributed by atoms with Gasteiger partial charge in [-0.1, -0.05) is 0 Å². The Kier molecular flexibility index (Phi) is 2.79. The maximum Gasteiger partial charge on any atom is 0.331 e. The van der Waals surface area contributed by atoms with Crippen LogP contribution in [0.25, 0.3) is 10.9 Å². The Hall–Kier alpha value is -2.96. The minimum absolute atomic E-state index is 0.000550. The molecule has 1 amide bonds. The normalized spacial score (nSPS) is 11.4. The number of halogens is 1. The van der Waals surface area contributed by atoms with E-state index in [0.29, 0.717) is 10.9 Å². The fourth-order valence-electron chi connectivity index (χ4n) is 1.78. The zero-order chi connectivity index (χ0) is 14.1. The molecule has 0 spiro atoms. The number of furan rings is 1. The number of aromatic hydroxyl groups is 1. The number of hydrogen-bond acceptors (Lipinski definition) is 4. The predicted octanol–water partition coefficient (Wildman–Crippen LogP) is 3.53. The molecule has 2 N–H and O–H groups in total. The highest BCUT2D eigenvalue weighted by molar-refractivity contribution is 5.95. The molecule has 2 aromatic heterocycles. The lowest BCUT2D eigenvalue weighted by molar-refractivity contribution is 0.0968. The largest absolute Gasteiger partial charge is 0.493 e. The highest BCUT2D eigenvalue weighted by Gasteiger charge is 2.13. The van der Waals surface area contributed by atoms with Crippen molar-refractivity contribution in [3.8, 4) is 5.88 Å². The number of carbonyl (C=O) groups is 1. The van der Waals surface area contributed by atoms with E-state index in [1.165, 1.54) is 30.5 Å². The minimum atomic E-state index is -0.694. The summed E-state index contributed by atoms with van der Waals surface area (Å²) in [5.74, 6) is -1.44. The van der Waals surface area contributed by atoms with E-state index >= 15 is 0 Å². The van der Waals surface area contributed by atoms with E-state index in [0.717, 1.165) is 0 Å². The van der Waals surface area contributed by atoms with Crippen LogP contribution in [0, 0.1) is 5.82 Å². The first-order valence-electron chi connectivity index (χ1n) is 5.65. The highest BCUT2D eigenvalue weighted by atomic mass is 19.1. The summed E-state index contributed by atoms with van der Waals surface area (Å²) in [5.41, 5.74) is 0.489. The van der Waals surface area contributed by atoms with Gasteiger partial charge in [0, 0.05) is 5.39 Å². The van der Waals surface area contributed by atoms with Gasteiger partial charge in [-0.15, -0.1) is 10.2 Å². The molecule has 20 heavy (non-hydrogen) atoms. The van der Waals surface area contributed by atoms with Gasteiger partial charge in [-0.3, -0.25) is 4.79 Å². The van der Waals surface area contributed by atoms with Crippen molar-refractivity contribution in [1.82, 2.24) is 4.98 Å². The van der Waals surface area contributed by atoms with Gasteiger partial charge in [0.1, 0.15) is 5.82 Å². The highest BCUT2D eigenvalue weighted by Crippen LogP contribution is 2.35. The molecule has 0 aliphatic heterocycles. The van der Waals surface area contributed by atoms with E-state index in [-0.39, 0.29) is 17.3 Å². The molecule has 0 atom stereocenters. The van der Waals surface area contributed by atoms with Gasteiger partial charge in [-0.05, 0) is 30.3 Å². The van der Waals surface area contributed by atoms with Gasteiger partial charge >= 0.3 is 5.91 Å². The average Bonchev–Trinajstić information content (AvgIpc) is 3.04. The first-order valence-corrected chi connectivity index (χ1v) is 5.65. The lowest BCUT2D eigenvalue weighted by Gasteiger charge is -1.92. The molecule has 0 saturated carbocycles. The number of fused-ring (bicyclic) bond motifs is 1.